The maximum atomic E-state index is 12.2. The third-order valence-electron chi connectivity index (χ3n) is 3.78. The SMILES string of the molecule is CNCCC1CN(c2ccc(C)cc2)C(=O)CN1C. The van der Waals surface area contributed by atoms with Crippen LogP contribution in [0.3, 0.4) is 0 Å². The fourth-order valence-corrected chi connectivity index (χ4v) is 2.48. The predicted molar refractivity (Wildman–Crippen MR) is 78.5 cm³/mol. The molecule has 4 nitrogen and oxygen atoms in total. The number of amides is 1. The monoisotopic (exact) mass is 261 g/mol. The molecule has 1 fully saturated rings. The van der Waals surface area contributed by atoms with Crippen molar-refractivity contribution >= 4 is 11.6 Å². The van der Waals surface area contributed by atoms with Crippen LogP contribution < -0.4 is 10.2 Å². The van der Waals surface area contributed by atoms with Gasteiger partial charge < -0.3 is 10.2 Å². The first-order chi connectivity index (χ1) is 9.11. The van der Waals surface area contributed by atoms with Crippen molar-refractivity contribution in [2.45, 2.75) is 19.4 Å². The summed E-state index contributed by atoms with van der Waals surface area (Å²) in [5.74, 6) is 0.187. The minimum absolute atomic E-state index is 0.187. The molecule has 0 spiro atoms. The molecule has 19 heavy (non-hydrogen) atoms. The van der Waals surface area contributed by atoms with Gasteiger partial charge in [0.05, 0.1) is 6.54 Å². The number of likely N-dealkylation sites (N-methyl/N-ethyl adjacent to an activating group) is 1. The first kappa shape index (κ1) is 14.0. The van der Waals surface area contributed by atoms with Gasteiger partial charge in [-0.25, -0.2) is 0 Å². The van der Waals surface area contributed by atoms with E-state index in [-0.39, 0.29) is 5.91 Å². The number of rotatable bonds is 4. The van der Waals surface area contributed by atoms with Crippen LogP contribution in [0.1, 0.15) is 12.0 Å². The highest BCUT2D eigenvalue weighted by Crippen LogP contribution is 2.21. The number of carbonyl (C=O) groups is 1. The Kier molecular flexibility index (Phi) is 4.56. The fraction of sp³-hybridized carbons (Fsp3) is 0.533. The second-order valence-corrected chi connectivity index (χ2v) is 5.30. The summed E-state index contributed by atoms with van der Waals surface area (Å²) in [4.78, 5) is 16.3. The number of nitrogens with one attached hydrogen (secondary N) is 1. The Morgan fingerprint density at radius 3 is 2.63 bits per heavy atom. The number of nitrogens with zero attached hydrogens (tertiary/aromatic N) is 2. The Labute approximate surface area is 115 Å². The highest BCUT2D eigenvalue weighted by molar-refractivity contribution is 5.95. The topological polar surface area (TPSA) is 35.6 Å². The van der Waals surface area contributed by atoms with Crippen LogP contribution in [0.4, 0.5) is 5.69 Å². The van der Waals surface area contributed by atoms with Crippen molar-refractivity contribution in [3.05, 3.63) is 29.8 Å². The molecule has 0 bridgehead atoms. The third kappa shape index (κ3) is 3.33. The Morgan fingerprint density at radius 1 is 1.32 bits per heavy atom. The van der Waals surface area contributed by atoms with Crippen molar-refractivity contribution in [2.24, 2.45) is 0 Å². The van der Waals surface area contributed by atoms with E-state index in [1.807, 2.05) is 31.1 Å². The minimum Gasteiger partial charge on any atom is -0.320 e. The molecule has 1 amide bonds. The Balaban J connectivity index is 2.11. The molecule has 1 saturated heterocycles. The predicted octanol–water partition coefficient (Wildman–Crippen LogP) is 1.25. The van der Waals surface area contributed by atoms with Gasteiger partial charge >= 0.3 is 0 Å². The first-order valence-electron chi connectivity index (χ1n) is 6.83. The van der Waals surface area contributed by atoms with Crippen molar-refractivity contribution < 1.29 is 4.79 Å². The molecule has 104 valence electrons. The van der Waals surface area contributed by atoms with Gasteiger partial charge in [0.15, 0.2) is 0 Å². The van der Waals surface area contributed by atoms with E-state index < -0.39 is 0 Å². The lowest BCUT2D eigenvalue weighted by Crippen LogP contribution is -2.55. The van der Waals surface area contributed by atoms with E-state index in [0.29, 0.717) is 12.6 Å². The second kappa shape index (κ2) is 6.17. The zero-order chi connectivity index (χ0) is 13.8. The Morgan fingerprint density at radius 2 is 2.00 bits per heavy atom. The molecule has 1 aliphatic heterocycles. The van der Waals surface area contributed by atoms with Crippen LogP contribution in [0.2, 0.25) is 0 Å². The van der Waals surface area contributed by atoms with Gasteiger partial charge in [-0.1, -0.05) is 17.7 Å². The van der Waals surface area contributed by atoms with Crippen molar-refractivity contribution in [3.63, 3.8) is 0 Å². The molecule has 1 unspecified atom stereocenters. The molecule has 2 rings (SSSR count). The summed E-state index contributed by atoms with van der Waals surface area (Å²) in [6, 6.07) is 8.61. The van der Waals surface area contributed by atoms with E-state index in [2.05, 4.69) is 29.3 Å². The third-order valence-corrected chi connectivity index (χ3v) is 3.78. The molecule has 0 radical (unpaired) electrons. The molecular formula is C15H23N3O. The number of anilines is 1. The van der Waals surface area contributed by atoms with Crippen molar-refractivity contribution in [3.8, 4) is 0 Å². The summed E-state index contributed by atoms with van der Waals surface area (Å²) in [5.41, 5.74) is 2.23. The largest absolute Gasteiger partial charge is 0.320 e. The van der Waals surface area contributed by atoms with Crippen LogP contribution >= 0.6 is 0 Å². The normalized spacial score (nSPS) is 20.9. The molecule has 1 aliphatic rings. The molecule has 0 saturated carbocycles. The van der Waals surface area contributed by atoms with Crippen LogP contribution in [0, 0.1) is 6.92 Å². The number of aryl methyl sites for hydroxylation is 1. The highest BCUT2D eigenvalue weighted by Gasteiger charge is 2.30. The molecule has 1 heterocycles. The summed E-state index contributed by atoms with van der Waals surface area (Å²) < 4.78 is 0. The molecule has 0 aromatic heterocycles. The maximum absolute atomic E-state index is 12.2. The lowest BCUT2D eigenvalue weighted by Gasteiger charge is -2.39. The first-order valence-corrected chi connectivity index (χ1v) is 6.83. The van der Waals surface area contributed by atoms with Crippen LogP contribution in [0.15, 0.2) is 24.3 Å². The average Bonchev–Trinajstić information content (AvgIpc) is 2.39. The van der Waals surface area contributed by atoms with Gasteiger partial charge in [0.25, 0.3) is 0 Å². The van der Waals surface area contributed by atoms with Gasteiger partial charge in [0.2, 0.25) is 5.91 Å². The Bertz CT molecular complexity index is 430. The Hall–Kier alpha value is -1.39. The van der Waals surface area contributed by atoms with E-state index in [4.69, 9.17) is 0 Å². The number of hydrogen-bond donors (Lipinski definition) is 1. The minimum atomic E-state index is 0.187. The number of hydrogen-bond acceptors (Lipinski definition) is 3. The summed E-state index contributed by atoms with van der Waals surface area (Å²) in [6.45, 7) is 4.32. The van der Waals surface area contributed by atoms with Gasteiger partial charge in [-0.2, -0.15) is 0 Å². The zero-order valence-electron chi connectivity index (χ0n) is 12.0. The molecule has 1 atom stereocenters. The van der Waals surface area contributed by atoms with Crippen LogP contribution in [-0.4, -0.2) is 50.6 Å². The van der Waals surface area contributed by atoms with Gasteiger partial charge in [0, 0.05) is 18.3 Å². The second-order valence-electron chi connectivity index (χ2n) is 5.30. The van der Waals surface area contributed by atoms with Gasteiger partial charge in [0.1, 0.15) is 0 Å². The maximum Gasteiger partial charge on any atom is 0.241 e. The number of carbonyl (C=O) groups excluding carboxylic acids is 1. The van der Waals surface area contributed by atoms with E-state index in [9.17, 15) is 4.79 Å². The summed E-state index contributed by atoms with van der Waals surface area (Å²) in [7, 11) is 4.00. The molecular weight excluding hydrogens is 238 g/mol. The lowest BCUT2D eigenvalue weighted by atomic mass is 10.1. The van der Waals surface area contributed by atoms with E-state index in [1.165, 1.54) is 5.56 Å². The summed E-state index contributed by atoms with van der Waals surface area (Å²) >= 11 is 0. The quantitative estimate of drug-likeness (QED) is 0.886. The van der Waals surface area contributed by atoms with Crippen LogP contribution in [0.5, 0.6) is 0 Å². The number of piperazine rings is 1. The lowest BCUT2D eigenvalue weighted by molar-refractivity contribution is -0.122. The van der Waals surface area contributed by atoms with Crippen LogP contribution in [-0.2, 0) is 4.79 Å². The molecule has 0 aliphatic carbocycles. The summed E-state index contributed by atoms with van der Waals surface area (Å²) in [5, 5.41) is 3.18. The van der Waals surface area contributed by atoms with Crippen LogP contribution in [0.25, 0.3) is 0 Å². The van der Waals surface area contributed by atoms with Crippen molar-refractivity contribution in [2.75, 3.05) is 38.6 Å². The molecule has 1 aromatic rings. The van der Waals surface area contributed by atoms with Gasteiger partial charge in [-0.15, -0.1) is 0 Å². The molecule has 4 heteroatoms. The summed E-state index contributed by atoms with van der Waals surface area (Å²) in [6.07, 6.45) is 1.06. The smallest absolute Gasteiger partial charge is 0.241 e. The van der Waals surface area contributed by atoms with Crippen molar-refractivity contribution in [1.82, 2.24) is 10.2 Å². The van der Waals surface area contributed by atoms with Gasteiger partial charge in [-0.3, -0.25) is 9.69 Å². The van der Waals surface area contributed by atoms with E-state index in [1.54, 1.807) is 0 Å². The number of benzene rings is 1. The van der Waals surface area contributed by atoms with E-state index in [0.717, 1.165) is 25.2 Å². The fourth-order valence-electron chi connectivity index (χ4n) is 2.48. The van der Waals surface area contributed by atoms with E-state index >= 15 is 0 Å². The molecule has 1 N–H and O–H groups in total. The average molecular weight is 261 g/mol. The van der Waals surface area contributed by atoms with Crippen molar-refractivity contribution in [1.29, 1.82) is 0 Å². The molecule has 1 aromatic carbocycles. The highest BCUT2D eigenvalue weighted by atomic mass is 16.2. The zero-order valence-corrected chi connectivity index (χ0v) is 12.0. The standard InChI is InChI=1S/C15H23N3O/c1-12-4-6-13(7-5-12)18-10-14(8-9-16-2)17(3)11-15(18)19/h4-7,14,16H,8-11H2,1-3H3. The van der Waals surface area contributed by atoms with Gasteiger partial charge in [-0.05, 0) is 46.1 Å².